The lowest BCUT2D eigenvalue weighted by molar-refractivity contribution is -0.119. The number of anilines is 1. The van der Waals surface area contributed by atoms with E-state index in [4.69, 9.17) is 0 Å². The molecule has 1 aliphatic heterocycles. The molecule has 0 radical (unpaired) electrons. The summed E-state index contributed by atoms with van der Waals surface area (Å²) in [7, 11) is 2.06. The molecule has 0 saturated carbocycles. The zero-order valence-electron chi connectivity index (χ0n) is 13.0. The van der Waals surface area contributed by atoms with E-state index >= 15 is 0 Å². The number of aryl methyl sites for hydroxylation is 1. The lowest BCUT2D eigenvalue weighted by Gasteiger charge is -2.18. The van der Waals surface area contributed by atoms with Gasteiger partial charge in [0.2, 0.25) is 5.91 Å². The number of carbonyl (C=O) groups excluding carboxylic acids is 1. The molecule has 1 amide bonds. The van der Waals surface area contributed by atoms with E-state index in [1.165, 1.54) is 5.56 Å². The van der Waals surface area contributed by atoms with E-state index in [2.05, 4.69) is 34.4 Å². The molecule has 22 heavy (non-hydrogen) atoms. The smallest absolute Gasteiger partial charge is 0.230 e. The summed E-state index contributed by atoms with van der Waals surface area (Å²) in [6.45, 7) is 3.60. The Morgan fingerprint density at radius 2 is 1.91 bits per heavy atom. The summed E-state index contributed by atoms with van der Waals surface area (Å²) in [6, 6.07) is 16.0. The third-order valence-electron chi connectivity index (χ3n) is 4.21. The Kier molecular flexibility index (Phi) is 4.20. The van der Waals surface area contributed by atoms with Gasteiger partial charge in [0.05, 0.1) is 5.92 Å². The van der Waals surface area contributed by atoms with Crippen molar-refractivity contribution in [3.63, 3.8) is 0 Å². The van der Waals surface area contributed by atoms with Gasteiger partial charge in [-0.05, 0) is 31.7 Å². The predicted octanol–water partition coefficient (Wildman–Crippen LogP) is 2.67. The average Bonchev–Trinajstić information content (AvgIpc) is 2.90. The number of carbonyl (C=O) groups is 1. The Morgan fingerprint density at radius 1 is 1.14 bits per heavy atom. The summed E-state index contributed by atoms with van der Waals surface area (Å²) < 4.78 is 0. The molecule has 3 rings (SSSR count). The molecular weight excluding hydrogens is 274 g/mol. The molecule has 1 saturated heterocycles. The number of nitrogens with one attached hydrogen (secondary N) is 1. The van der Waals surface area contributed by atoms with Crippen molar-refractivity contribution in [2.75, 3.05) is 25.5 Å². The minimum absolute atomic E-state index is 0.0466. The second-order valence-electron chi connectivity index (χ2n) is 6.00. The number of pyridine rings is 1. The lowest BCUT2D eigenvalue weighted by atomic mass is 9.88. The van der Waals surface area contributed by atoms with Crippen molar-refractivity contribution in [1.82, 2.24) is 9.88 Å². The molecule has 1 aromatic carbocycles. The predicted molar refractivity (Wildman–Crippen MR) is 87.8 cm³/mol. The maximum absolute atomic E-state index is 12.7. The summed E-state index contributed by atoms with van der Waals surface area (Å²) >= 11 is 0. The first-order chi connectivity index (χ1) is 10.6. The number of hydrogen-bond donors (Lipinski definition) is 1. The van der Waals surface area contributed by atoms with Crippen molar-refractivity contribution in [2.45, 2.75) is 12.8 Å². The van der Waals surface area contributed by atoms with Gasteiger partial charge in [0.25, 0.3) is 0 Å². The SMILES string of the molecule is Cc1cccc(NC(=O)[C@H]2CN(C)C[C@H]2c2ccccc2)n1. The highest BCUT2D eigenvalue weighted by Crippen LogP contribution is 2.32. The van der Waals surface area contributed by atoms with Crippen LogP contribution >= 0.6 is 0 Å². The minimum atomic E-state index is -0.0466. The summed E-state index contributed by atoms with van der Waals surface area (Å²) in [5, 5.41) is 2.97. The first-order valence-electron chi connectivity index (χ1n) is 7.61. The highest BCUT2D eigenvalue weighted by Gasteiger charge is 2.36. The quantitative estimate of drug-likeness (QED) is 0.947. The van der Waals surface area contributed by atoms with E-state index in [1.54, 1.807) is 0 Å². The molecule has 0 spiro atoms. The molecule has 1 aliphatic rings. The van der Waals surface area contributed by atoms with E-state index in [0.29, 0.717) is 5.82 Å². The van der Waals surface area contributed by atoms with Crippen molar-refractivity contribution < 1.29 is 4.79 Å². The lowest BCUT2D eigenvalue weighted by Crippen LogP contribution is -2.28. The van der Waals surface area contributed by atoms with Crippen LogP contribution in [0.2, 0.25) is 0 Å². The Morgan fingerprint density at radius 3 is 2.64 bits per heavy atom. The Bertz CT molecular complexity index is 656. The van der Waals surface area contributed by atoms with Crippen LogP contribution < -0.4 is 5.32 Å². The van der Waals surface area contributed by atoms with E-state index in [9.17, 15) is 4.79 Å². The molecular formula is C18H21N3O. The van der Waals surface area contributed by atoms with Crippen LogP contribution in [0.3, 0.4) is 0 Å². The van der Waals surface area contributed by atoms with Gasteiger partial charge in [-0.15, -0.1) is 0 Å². The standard InChI is InChI=1S/C18H21N3O/c1-13-7-6-10-17(19-13)20-18(22)16-12-21(2)11-15(16)14-8-4-3-5-9-14/h3-10,15-16H,11-12H2,1-2H3,(H,19,20,22)/t15-,16-/m0/s1. The van der Waals surface area contributed by atoms with Gasteiger partial charge in [-0.1, -0.05) is 36.4 Å². The molecule has 1 fully saturated rings. The molecule has 114 valence electrons. The molecule has 0 unspecified atom stereocenters. The van der Waals surface area contributed by atoms with Gasteiger partial charge in [0, 0.05) is 24.7 Å². The van der Waals surface area contributed by atoms with Crippen LogP contribution in [0.25, 0.3) is 0 Å². The second-order valence-corrected chi connectivity index (χ2v) is 6.00. The fourth-order valence-corrected chi connectivity index (χ4v) is 3.14. The molecule has 0 bridgehead atoms. The number of nitrogens with zero attached hydrogens (tertiary/aromatic N) is 2. The average molecular weight is 295 g/mol. The van der Waals surface area contributed by atoms with Crippen LogP contribution in [0.15, 0.2) is 48.5 Å². The summed E-state index contributed by atoms with van der Waals surface area (Å²) in [5.74, 6) is 0.869. The largest absolute Gasteiger partial charge is 0.310 e. The van der Waals surface area contributed by atoms with Crippen LogP contribution in [0.5, 0.6) is 0 Å². The number of benzene rings is 1. The van der Waals surface area contributed by atoms with E-state index in [1.807, 2.05) is 43.3 Å². The fourth-order valence-electron chi connectivity index (χ4n) is 3.14. The number of aromatic nitrogens is 1. The molecule has 4 nitrogen and oxygen atoms in total. The molecule has 0 aliphatic carbocycles. The van der Waals surface area contributed by atoms with Gasteiger partial charge in [0.1, 0.15) is 5.82 Å². The Balaban J connectivity index is 1.78. The summed E-state index contributed by atoms with van der Waals surface area (Å²) in [5.41, 5.74) is 2.13. The van der Waals surface area contributed by atoms with E-state index in [-0.39, 0.29) is 17.7 Å². The van der Waals surface area contributed by atoms with Gasteiger partial charge >= 0.3 is 0 Å². The maximum Gasteiger partial charge on any atom is 0.230 e. The van der Waals surface area contributed by atoms with E-state index < -0.39 is 0 Å². The van der Waals surface area contributed by atoms with Gasteiger partial charge in [-0.3, -0.25) is 4.79 Å². The molecule has 2 atom stereocenters. The van der Waals surface area contributed by atoms with Crippen LogP contribution in [0, 0.1) is 12.8 Å². The number of rotatable bonds is 3. The molecule has 2 heterocycles. The second kappa shape index (κ2) is 6.28. The van der Waals surface area contributed by atoms with Crippen LogP contribution in [-0.4, -0.2) is 35.9 Å². The minimum Gasteiger partial charge on any atom is -0.310 e. The monoisotopic (exact) mass is 295 g/mol. The van der Waals surface area contributed by atoms with Crippen molar-refractivity contribution in [2.24, 2.45) is 5.92 Å². The highest BCUT2D eigenvalue weighted by molar-refractivity contribution is 5.92. The topological polar surface area (TPSA) is 45.2 Å². The molecule has 1 N–H and O–H groups in total. The van der Waals surface area contributed by atoms with Crippen molar-refractivity contribution in [3.8, 4) is 0 Å². The van der Waals surface area contributed by atoms with Crippen LogP contribution in [-0.2, 0) is 4.79 Å². The number of likely N-dealkylation sites (N-methyl/N-ethyl adjacent to an activating group) is 1. The summed E-state index contributed by atoms with van der Waals surface area (Å²) in [6.07, 6.45) is 0. The van der Waals surface area contributed by atoms with Crippen molar-refractivity contribution in [1.29, 1.82) is 0 Å². The normalized spacial score (nSPS) is 21.7. The van der Waals surface area contributed by atoms with Gasteiger partial charge in [0.15, 0.2) is 0 Å². The molecule has 1 aromatic heterocycles. The van der Waals surface area contributed by atoms with Crippen molar-refractivity contribution in [3.05, 3.63) is 59.8 Å². The highest BCUT2D eigenvalue weighted by atomic mass is 16.2. The third kappa shape index (κ3) is 3.17. The maximum atomic E-state index is 12.7. The number of amides is 1. The first-order valence-corrected chi connectivity index (χ1v) is 7.61. The zero-order chi connectivity index (χ0) is 15.5. The zero-order valence-corrected chi connectivity index (χ0v) is 13.0. The molecule has 4 heteroatoms. The number of likely N-dealkylation sites (tertiary alicyclic amines) is 1. The number of hydrogen-bond acceptors (Lipinski definition) is 3. The summed E-state index contributed by atoms with van der Waals surface area (Å²) in [4.78, 5) is 19.2. The third-order valence-corrected chi connectivity index (χ3v) is 4.21. The van der Waals surface area contributed by atoms with Crippen LogP contribution in [0.4, 0.5) is 5.82 Å². The van der Waals surface area contributed by atoms with Crippen molar-refractivity contribution >= 4 is 11.7 Å². The van der Waals surface area contributed by atoms with Gasteiger partial charge in [-0.25, -0.2) is 4.98 Å². The van der Waals surface area contributed by atoms with E-state index in [0.717, 1.165) is 18.8 Å². The van der Waals surface area contributed by atoms with Gasteiger partial charge < -0.3 is 10.2 Å². The fraction of sp³-hybridized carbons (Fsp3) is 0.333. The first kappa shape index (κ1) is 14.7. The Labute approximate surface area is 131 Å². The Hall–Kier alpha value is -2.20. The molecule has 2 aromatic rings. The van der Waals surface area contributed by atoms with Gasteiger partial charge in [-0.2, -0.15) is 0 Å². The van der Waals surface area contributed by atoms with Crippen LogP contribution in [0.1, 0.15) is 17.2 Å².